The number of nitrogens with one attached hydrogen (secondary N) is 1. The molecular formula is C36H37N3O3S. The van der Waals surface area contributed by atoms with E-state index >= 15 is 0 Å². The first-order valence-electron chi connectivity index (χ1n) is 14.7. The maximum atomic E-state index is 14.4. The number of thiophene rings is 1. The first kappa shape index (κ1) is 28.9. The second kappa shape index (κ2) is 10.5. The normalized spacial score (nSPS) is 12.3. The van der Waals surface area contributed by atoms with Crippen molar-refractivity contribution in [3.8, 4) is 16.2 Å². The number of hydrogen-bond donors (Lipinski definition) is 1. The molecule has 0 spiro atoms. The lowest BCUT2D eigenvalue weighted by Gasteiger charge is -2.20. The monoisotopic (exact) mass is 591 g/mol. The molecule has 6 nitrogen and oxygen atoms in total. The highest BCUT2D eigenvalue weighted by Gasteiger charge is 2.23. The summed E-state index contributed by atoms with van der Waals surface area (Å²) in [5.41, 5.74) is 2.35. The number of nitrogens with zero attached hydrogens (tertiary/aromatic N) is 2. The minimum absolute atomic E-state index is 0.0342. The molecule has 7 heteroatoms. The molecule has 3 aromatic carbocycles. The number of aromatic amines is 1. The number of H-pyrrole nitrogens is 1. The van der Waals surface area contributed by atoms with Gasteiger partial charge in [0.25, 0.3) is 11.1 Å². The van der Waals surface area contributed by atoms with Gasteiger partial charge in [0.1, 0.15) is 5.75 Å². The lowest BCUT2D eigenvalue weighted by Crippen LogP contribution is -2.34. The van der Waals surface area contributed by atoms with E-state index in [0.29, 0.717) is 28.0 Å². The van der Waals surface area contributed by atoms with Gasteiger partial charge in [-0.2, -0.15) is 0 Å². The Morgan fingerprint density at radius 1 is 0.907 bits per heavy atom. The van der Waals surface area contributed by atoms with Crippen LogP contribution in [0.3, 0.4) is 0 Å². The Balaban J connectivity index is 1.62. The summed E-state index contributed by atoms with van der Waals surface area (Å²) in [6.07, 6.45) is 0. The third kappa shape index (κ3) is 4.77. The van der Waals surface area contributed by atoms with Crippen molar-refractivity contribution >= 4 is 56.8 Å². The van der Waals surface area contributed by atoms with Gasteiger partial charge in [-0.15, -0.1) is 16.4 Å². The summed E-state index contributed by atoms with van der Waals surface area (Å²) < 4.78 is 1.75. The number of rotatable bonds is 7. The Kier molecular flexibility index (Phi) is 7.06. The second-order valence-electron chi connectivity index (χ2n) is 12.2. The number of aromatic nitrogens is 2. The highest BCUT2D eigenvalue weighted by Crippen LogP contribution is 2.41. The molecule has 0 bridgehead atoms. The van der Waals surface area contributed by atoms with Gasteiger partial charge in [-0.05, 0) is 73.7 Å². The number of benzene rings is 3. The van der Waals surface area contributed by atoms with Gasteiger partial charge in [0.05, 0.1) is 11.9 Å². The average Bonchev–Trinajstić information content (AvgIpc) is 3.47. The maximum absolute atomic E-state index is 14.4. The van der Waals surface area contributed by atoms with E-state index in [1.54, 1.807) is 15.9 Å². The molecule has 0 unspecified atom stereocenters. The largest absolute Gasteiger partial charge is 0.406 e. The first-order valence-corrected chi connectivity index (χ1v) is 15.5. The van der Waals surface area contributed by atoms with Crippen LogP contribution < -0.4 is 26.7 Å². The summed E-state index contributed by atoms with van der Waals surface area (Å²) in [6.45, 7) is 23.2. The maximum Gasteiger partial charge on any atom is 0.259 e. The number of aryl methyl sites for hydroxylation is 1. The van der Waals surface area contributed by atoms with E-state index in [1.807, 2.05) is 42.3 Å². The lowest BCUT2D eigenvalue weighted by atomic mass is 9.90. The fourth-order valence-electron chi connectivity index (χ4n) is 6.04. The van der Waals surface area contributed by atoms with Crippen molar-refractivity contribution < 1.29 is 4.84 Å². The minimum atomic E-state index is -0.202. The Hall–Kier alpha value is -4.20. The van der Waals surface area contributed by atoms with Crippen LogP contribution >= 0.6 is 11.3 Å². The van der Waals surface area contributed by atoms with Crippen molar-refractivity contribution in [3.63, 3.8) is 0 Å². The first-order chi connectivity index (χ1) is 20.4. The van der Waals surface area contributed by atoms with Gasteiger partial charge in [0.2, 0.25) is 0 Å². The molecule has 3 aromatic heterocycles. The van der Waals surface area contributed by atoms with Crippen molar-refractivity contribution in [1.29, 1.82) is 0 Å². The molecule has 220 valence electrons. The molecule has 0 fully saturated rings. The van der Waals surface area contributed by atoms with Crippen molar-refractivity contribution in [2.45, 2.75) is 53.5 Å². The molecular weight excluding hydrogens is 554 g/mol. The van der Waals surface area contributed by atoms with Crippen LogP contribution in [0.4, 0.5) is 0 Å². The Labute approximate surface area is 254 Å². The lowest BCUT2D eigenvalue weighted by molar-refractivity contribution is -0.0486. The summed E-state index contributed by atoms with van der Waals surface area (Å²) in [7, 11) is 0. The minimum Gasteiger partial charge on any atom is -0.406 e. The Morgan fingerprint density at radius 3 is 2.21 bits per heavy atom. The molecule has 0 saturated carbocycles. The Bertz CT molecular complexity index is 2230. The van der Waals surface area contributed by atoms with Crippen LogP contribution in [0.15, 0.2) is 58.1 Å². The van der Waals surface area contributed by atoms with Gasteiger partial charge in [-0.1, -0.05) is 46.1 Å². The molecule has 0 radical (unpaired) electrons. The van der Waals surface area contributed by atoms with Gasteiger partial charge in [0, 0.05) is 66.0 Å². The van der Waals surface area contributed by atoms with Crippen LogP contribution in [0, 0.1) is 6.92 Å². The fourth-order valence-corrected chi connectivity index (χ4v) is 7.13. The van der Waals surface area contributed by atoms with E-state index in [2.05, 4.69) is 71.0 Å². The molecule has 0 saturated heterocycles. The molecule has 6 aromatic rings. The zero-order valence-corrected chi connectivity index (χ0v) is 26.5. The molecule has 1 N–H and O–H groups in total. The average molecular weight is 592 g/mol. The summed E-state index contributed by atoms with van der Waals surface area (Å²) in [4.78, 5) is 39.0. The molecule has 0 atom stereocenters. The van der Waals surface area contributed by atoms with Crippen LogP contribution in [0.1, 0.15) is 50.6 Å². The van der Waals surface area contributed by atoms with Gasteiger partial charge < -0.3 is 14.4 Å². The zero-order chi connectivity index (χ0) is 30.8. The molecule has 43 heavy (non-hydrogen) atoms. The quantitative estimate of drug-likeness (QED) is 0.176. The smallest absolute Gasteiger partial charge is 0.259 e. The predicted molar refractivity (Wildman–Crippen MR) is 181 cm³/mol. The predicted octanol–water partition coefficient (Wildman–Crippen LogP) is 6.27. The van der Waals surface area contributed by atoms with Crippen molar-refractivity contribution in [3.05, 3.63) is 95.9 Å². The third-order valence-corrected chi connectivity index (χ3v) is 9.87. The van der Waals surface area contributed by atoms with E-state index in [0.717, 1.165) is 62.0 Å². The fraction of sp³-hybridized carbons (Fsp3) is 0.278. The highest BCUT2D eigenvalue weighted by molar-refractivity contribution is 7.15. The molecule has 3 heterocycles. The molecule has 0 aliphatic rings. The van der Waals surface area contributed by atoms with Gasteiger partial charge in [0.15, 0.2) is 0 Å². The van der Waals surface area contributed by atoms with Crippen molar-refractivity contribution in [2.24, 2.45) is 0 Å². The summed E-state index contributed by atoms with van der Waals surface area (Å²) >= 11 is 1.66. The molecule has 0 aliphatic heterocycles. The molecule has 0 amide bonds. The zero-order valence-electron chi connectivity index (χ0n) is 25.7. The SMILES string of the molecule is C=c1[nH]c(=O)c2c(-c3ccc(C(C)(C)C)s3)cc3c(=O)n(Cc4ccc(ON(CC)CC)cc4)c(=C)c4c(C)cc1c2c34. The van der Waals surface area contributed by atoms with Crippen molar-refractivity contribution in [1.82, 2.24) is 14.6 Å². The standard InChI is InChI=1S/C36H37N3O3S/c1-9-38(10-2)42-24-13-11-23(12-14-24)19-39-22(5)30-20(3)17-25-21(4)37-34(40)33-26(18-27(35(39)41)32(30)31(25)33)28-15-16-29(43-28)36(6,7)8/h11-18H,4-5,9-10,19H2,1-3,6-8H3,(H,37,40). The van der Waals surface area contributed by atoms with Crippen LogP contribution in [0.5, 0.6) is 5.75 Å². The van der Waals surface area contributed by atoms with E-state index in [-0.39, 0.29) is 16.5 Å². The number of hydrogen-bond acceptors (Lipinski definition) is 5. The topological polar surface area (TPSA) is 67.3 Å². The van der Waals surface area contributed by atoms with E-state index in [9.17, 15) is 9.59 Å². The van der Waals surface area contributed by atoms with Crippen LogP contribution in [-0.2, 0) is 12.0 Å². The third-order valence-electron chi connectivity index (χ3n) is 8.32. The van der Waals surface area contributed by atoms with Gasteiger partial charge >= 0.3 is 0 Å². The van der Waals surface area contributed by atoms with E-state index < -0.39 is 0 Å². The van der Waals surface area contributed by atoms with E-state index in [1.165, 1.54) is 4.88 Å². The van der Waals surface area contributed by atoms with Crippen LogP contribution in [0.25, 0.3) is 55.9 Å². The van der Waals surface area contributed by atoms with Gasteiger partial charge in [-0.25, -0.2) is 0 Å². The summed E-state index contributed by atoms with van der Waals surface area (Å²) in [5.74, 6) is 0.755. The molecule has 0 aliphatic carbocycles. The summed E-state index contributed by atoms with van der Waals surface area (Å²) in [5, 5.41) is 7.53. The van der Waals surface area contributed by atoms with Crippen LogP contribution in [0.2, 0.25) is 0 Å². The van der Waals surface area contributed by atoms with Crippen LogP contribution in [-0.4, -0.2) is 27.7 Å². The summed E-state index contributed by atoms with van der Waals surface area (Å²) in [6, 6.07) is 16.0. The highest BCUT2D eigenvalue weighted by atomic mass is 32.1. The molecule has 6 rings (SSSR count). The second-order valence-corrected chi connectivity index (χ2v) is 13.3. The van der Waals surface area contributed by atoms with E-state index in [4.69, 9.17) is 4.84 Å². The van der Waals surface area contributed by atoms with Gasteiger partial charge in [-0.3, -0.25) is 9.59 Å². The number of hydroxylamine groups is 2. The number of pyridine rings is 2. The Morgan fingerprint density at radius 2 is 1.58 bits per heavy atom. The van der Waals surface area contributed by atoms with Crippen molar-refractivity contribution in [2.75, 3.05) is 13.1 Å².